The molecule has 1 atom stereocenters. The van der Waals surface area contributed by atoms with Crippen LogP contribution >= 0.6 is 0 Å². The van der Waals surface area contributed by atoms with Gasteiger partial charge in [-0.2, -0.15) is 4.99 Å². The third kappa shape index (κ3) is 4.24. The van der Waals surface area contributed by atoms with Crippen molar-refractivity contribution in [2.75, 3.05) is 0 Å². The molecule has 1 unspecified atom stereocenters. The minimum atomic E-state index is -0.808. The first-order valence-corrected chi connectivity index (χ1v) is 7.57. The molecule has 1 heterocycles. The third-order valence-electron chi connectivity index (χ3n) is 3.13. The minimum Gasteiger partial charge on any atom is -0.442 e. The number of aromatic nitrogens is 1. The number of amides is 1. The predicted molar refractivity (Wildman–Crippen MR) is 88.0 cm³/mol. The van der Waals surface area contributed by atoms with Gasteiger partial charge in [0.25, 0.3) is 0 Å². The van der Waals surface area contributed by atoms with E-state index < -0.39 is 29.1 Å². The van der Waals surface area contributed by atoms with Crippen molar-refractivity contribution >= 4 is 23.2 Å². The van der Waals surface area contributed by atoms with Gasteiger partial charge >= 0.3 is 11.7 Å². The quantitative estimate of drug-likeness (QED) is 0.797. The molecule has 0 saturated carbocycles. The second-order valence-corrected chi connectivity index (χ2v) is 6.25. The molecule has 0 bridgehead atoms. The Labute approximate surface area is 138 Å². The zero-order valence-electron chi connectivity index (χ0n) is 14.0. The molecule has 1 amide bonds. The second-order valence-electron chi connectivity index (χ2n) is 6.25. The van der Waals surface area contributed by atoms with E-state index >= 15 is 0 Å². The summed E-state index contributed by atoms with van der Waals surface area (Å²) in [4.78, 5) is 31.5. The lowest BCUT2D eigenvalue weighted by molar-refractivity contribution is 0.0604. The van der Waals surface area contributed by atoms with Crippen molar-refractivity contribution in [3.63, 3.8) is 0 Å². The molecule has 1 aromatic heterocycles. The number of carbonyl (C=O) groups excluding carboxylic acids is 1. The van der Waals surface area contributed by atoms with Crippen molar-refractivity contribution in [1.29, 1.82) is 0 Å². The highest BCUT2D eigenvalue weighted by atomic mass is 19.1. The lowest BCUT2D eigenvalue weighted by atomic mass is 10.1. The van der Waals surface area contributed by atoms with E-state index in [1.807, 2.05) is 6.92 Å². The number of nitrogens with zero attached hydrogens (tertiary/aromatic N) is 2. The van der Waals surface area contributed by atoms with Gasteiger partial charge in [-0.15, -0.1) is 0 Å². The SMILES string of the molecule is CCC(C=NC(=O)OC(C)(C)C)c1nc2cccc(F)c2c(=O)o1. The highest BCUT2D eigenvalue weighted by Crippen LogP contribution is 2.19. The van der Waals surface area contributed by atoms with Crippen LogP contribution in [-0.2, 0) is 4.74 Å². The van der Waals surface area contributed by atoms with Crippen molar-refractivity contribution in [3.05, 3.63) is 40.3 Å². The molecule has 2 rings (SSSR count). The lowest BCUT2D eigenvalue weighted by Crippen LogP contribution is -2.22. The Morgan fingerprint density at radius 1 is 1.46 bits per heavy atom. The van der Waals surface area contributed by atoms with Gasteiger partial charge in [-0.3, -0.25) is 0 Å². The lowest BCUT2D eigenvalue weighted by Gasteiger charge is -2.17. The maximum Gasteiger partial charge on any atom is 0.433 e. The van der Waals surface area contributed by atoms with Crippen LogP contribution in [0.3, 0.4) is 0 Å². The summed E-state index contributed by atoms with van der Waals surface area (Å²) in [5.74, 6) is -1.11. The summed E-state index contributed by atoms with van der Waals surface area (Å²) in [7, 11) is 0. The highest BCUT2D eigenvalue weighted by Gasteiger charge is 2.18. The standard InChI is InChI=1S/C17H19FN2O4/c1-5-10(9-19-16(22)24-17(2,3)4)14-20-12-8-6-7-11(18)13(12)15(21)23-14/h6-10H,5H2,1-4H3. The summed E-state index contributed by atoms with van der Waals surface area (Å²) in [5, 5.41) is -0.194. The fourth-order valence-corrected chi connectivity index (χ4v) is 2.04. The van der Waals surface area contributed by atoms with Crippen LogP contribution in [0, 0.1) is 5.82 Å². The molecular weight excluding hydrogens is 315 g/mol. The molecule has 2 aromatic rings. The molecule has 0 aliphatic carbocycles. The van der Waals surface area contributed by atoms with Crippen LogP contribution in [0.4, 0.5) is 9.18 Å². The average Bonchev–Trinajstić information content (AvgIpc) is 2.45. The van der Waals surface area contributed by atoms with Gasteiger partial charge in [0.05, 0.1) is 11.4 Å². The number of ether oxygens (including phenoxy) is 1. The number of fused-ring (bicyclic) bond motifs is 1. The van der Waals surface area contributed by atoms with Gasteiger partial charge in [0.2, 0.25) is 5.89 Å². The largest absolute Gasteiger partial charge is 0.442 e. The summed E-state index contributed by atoms with van der Waals surface area (Å²) >= 11 is 0. The molecule has 128 valence electrons. The number of aliphatic imine (C=N–C) groups is 1. The Hall–Kier alpha value is -2.57. The van der Waals surface area contributed by atoms with E-state index in [1.165, 1.54) is 24.4 Å². The van der Waals surface area contributed by atoms with Crippen LogP contribution in [0.5, 0.6) is 0 Å². The van der Waals surface area contributed by atoms with E-state index in [4.69, 9.17) is 9.15 Å². The molecule has 1 aromatic carbocycles. The monoisotopic (exact) mass is 334 g/mol. The zero-order valence-corrected chi connectivity index (χ0v) is 14.0. The molecule has 0 fully saturated rings. The van der Waals surface area contributed by atoms with Gasteiger partial charge in [0.15, 0.2) is 0 Å². The second kappa shape index (κ2) is 6.90. The van der Waals surface area contributed by atoms with Crippen LogP contribution in [-0.4, -0.2) is 22.9 Å². The molecule has 0 N–H and O–H groups in total. The Morgan fingerprint density at radius 2 is 2.17 bits per heavy atom. The summed E-state index contributed by atoms with van der Waals surface area (Å²) in [6.07, 6.45) is 1.07. The molecule has 6 nitrogen and oxygen atoms in total. The van der Waals surface area contributed by atoms with Crippen LogP contribution in [0.15, 0.2) is 32.4 Å². The molecule has 24 heavy (non-hydrogen) atoms. The van der Waals surface area contributed by atoms with Crippen molar-refractivity contribution in [2.24, 2.45) is 4.99 Å². The predicted octanol–water partition coefficient (Wildman–Crippen LogP) is 3.83. The molecule has 0 aliphatic heterocycles. The fraction of sp³-hybridized carbons (Fsp3) is 0.412. The van der Waals surface area contributed by atoms with Crippen LogP contribution < -0.4 is 5.63 Å². The van der Waals surface area contributed by atoms with E-state index in [9.17, 15) is 14.0 Å². The normalized spacial score (nSPS) is 13.4. The zero-order chi connectivity index (χ0) is 17.9. The number of benzene rings is 1. The van der Waals surface area contributed by atoms with Gasteiger partial charge in [0.1, 0.15) is 16.8 Å². The van der Waals surface area contributed by atoms with Gasteiger partial charge < -0.3 is 9.15 Å². The first-order valence-electron chi connectivity index (χ1n) is 7.57. The van der Waals surface area contributed by atoms with E-state index in [2.05, 4.69) is 9.98 Å². The van der Waals surface area contributed by atoms with Crippen molar-refractivity contribution in [1.82, 2.24) is 4.98 Å². The van der Waals surface area contributed by atoms with Crippen LogP contribution in [0.1, 0.15) is 45.9 Å². The Kier molecular flexibility index (Phi) is 5.11. The van der Waals surface area contributed by atoms with E-state index in [-0.39, 0.29) is 16.8 Å². The number of hydrogen-bond acceptors (Lipinski definition) is 5. The van der Waals surface area contributed by atoms with E-state index in [1.54, 1.807) is 20.8 Å². The maximum absolute atomic E-state index is 13.7. The Bertz CT molecular complexity index is 837. The molecule has 0 aliphatic rings. The molecule has 0 spiro atoms. The van der Waals surface area contributed by atoms with Gasteiger partial charge in [0, 0.05) is 6.21 Å². The van der Waals surface area contributed by atoms with Crippen molar-refractivity contribution in [3.8, 4) is 0 Å². The van der Waals surface area contributed by atoms with Crippen LogP contribution in [0.2, 0.25) is 0 Å². The fourth-order valence-electron chi connectivity index (χ4n) is 2.04. The van der Waals surface area contributed by atoms with Gasteiger partial charge in [-0.05, 0) is 39.3 Å². The first kappa shape index (κ1) is 17.8. The summed E-state index contributed by atoms with van der Waals surface area (Å²) < 4.78 is 23.9. The molecule has 7 heteroatoms. The maximum atomic E-state index is 13.7. The number of hydrogen-bond donors (Lipinski definition) is 0. The van der Waals surface area contributed by atoms with Gasteiger partial charge in [-0.25, -0.2) is 19.0 Å². The van der Waals surface area contributed by atoms with Crippen molar-refractivity contribution in [2.45, 2.75) is 45.6 Å². The average molecular weight is 334 g/mol. The Balaban J connectivity index is 2.33. The summed E-state index contributed by atoms with van der Waals surface area (Å²) in [6, 6.07) is 4.15. The summed E-state index contributed by atoms with van der Waals surface area (Å²) in [6.45, 7) is 7.02. The number of rotatable bonds is 3. The highest BCUT2D eigenvalue weighted by molar-refractivity contribution is 5.83. The summed E-state index contributed by atoms with van der Waals surface area (Å²) in [5.41, 5.74) is -1.26. The Morgan fingerprint density at radius 3 is 2.79 bits per heavy atom. The van der Waals surface area contributed by atoms with Gasteiger partial charge in [-0.1, -0.05) is 13.0 Å². The molecule has 0 saturated heterocycles. The number of carbonyl (C=O) groups is 1. The number of halogens is 1. The third-order valence-corrected chi connectivity index (χ3v) is 3.13. The minimum absolute atomic E-state index is 0.0768. The first-order chi connectivity index (χ1) is 11.2. The van der Waals surface area contributed by atoms with E-state index in [0.717, 1.165) is 0 Å². The van der Waals surface area contributed by atoms with Crippen molar-refractivity contribution < 1.29 is 18.3 Å². The van der Waals surface area contributed by atoms with Crippen LogP contribution in [0.25, 0.3) is 10.9 Å². The topological polar surface area (TPSA) is 81.8 Å². The smallest absolute Gasteiger partial charge is 0.433 e. The molecule has 0 radical (unpaired) electrons. The van der Waals surface area contributed by atoms with E-state index in [0.29, 0.717) is 6.42 Å². The molecular formula is C17H19FN2O4.